The van der Waals surface area contributed by atoms with Crippen LogP contribution >= 0.6 is 11.8 Å². The van der Waals surface area contributed by atoms with Crippen LogP contribution < -0.4 is 5.32 Å². The van der Waals surface area contributed by atoms with Gasteiger partial charge in [-0.1, -0.05) is 43.0 Å². The van der Waals surface area contributed by atoms with Crippen molar-refractivity contribution in [3.8, 4) is 0 Å². The molecule has 2 aliphatic heterocycles. The number of allylic oxidation sites excluding steroid dienone is 1. The highest BCUT2D eigenvalue weighted by Gasteiger charge is 2.42. The molecule has 4 rings (SSSR count). The Balaban J connectivity index is 1.65. The van der Waals surface area contributed by atoms with E-state index < -0.39 is 17.8 Å². The maximum Gasteiger partial charge on any atom is 0.338 e. The Hall–Kier alpha value is -3.46. The van der Waals surface area contributed by atoms with E-state index in [0.717, 1.165) is 5.56 Å². The maximum atomic E-state index is 14.9. The van der Waals surface area contributed by atoms with Crippen molar-refractivity contribution in [2.75, 3.05) is 7.11 Å². The number of pyridine rings is 1. The lowest BCUT2D eigenvalue weighted by Gasteiger charge is -2.36. The van der Waals surface area contributed by atoms with Crippen LogP contribution in [-0.2, 0) is 20.9 Å². The molecule has 0 fully saturated rings. The van der Waals surface area contributed by atoms with Gasteiger partial charge in [0, 0.05) is 30.2 Å². The van der Waals surface area contributed by atoms with E-state index >= 15 is 0 Å². The topological polar surface area (TPSA) is 83.9 Å². The first-order chi connectivity index (χ1) is 16.0. The van der Waals surface area contributed by atoms with Crippen molar-refractivity contribution in [2.24, 2.45) is 4.99 Å². The molecule has 0 spiro atoms. The number of carbonyl (C=O) groups excluding carboxylic acids is 2. The lowest BCUT2D eigenvalue weighted by Crippen LogP contribution is -2.38. The second-order valence-corrected chi connectivity index (χ2v) is 8.27. The summed E-state index contributed by atoms with van der Waals surface area (Å²) in [5.41, 5.74) is 2.66. The number of amides is 1. The minimum absolute atomic E-state index is 0.0488. The van der Waals surface area contributed by atoms with Gasteiger partial charge in [-0.05, 0) is 29.5 Å². The number of ether oxygens (including phenoxy) is 1. The standard InChI is InChI=1S/C24H23FN4O3S/c1-3-19-21(23(31)32-2)22(17-8-4-5-9-18(17)25)29-16(14-33-24(29)28-19)11-20(30)27-13-15-7-6-10-26-12-15/h4-10,12,14,22H,3,11,13H2,1-2H3,(H,27,30). The Morgan fingerprint density at radius 1 is 1.24 bits per heavy atom. The summed E-state index contributed by atoms with van der Waals surface area (Å²) in [6.07, 6.45) is 3.89. The van der Waals surface area contributed by atoms with E-state index in [0.29, 0.717) is 35.1 Å². The third-order valence-corrected chi connectivity index (χ3v) is 6.27. The van der Waals surface area contributed by atoms with Crippen LogP contribution in [0.3, 0.4) is 0 Å². The van der Waals surface area contributed by atoms with E-state index in [1.165, 1.54) is 24.9 Å². The van der Waals surface area contributed by atoms with Crippen LogP contribution in [0.5, 0.6) is 0 Å². The molecule has 1 unspecified atom stereocenters. The number of rotatable bonds is 7. The molecule has 0 bridgehead atoms. The third kappa shape index (κ3) is 4.68. The number of thioether (sulfide) groups is 1. The zero-order chi connectivity index (χ0) is 23.4. The van der Waals surface area contributed by atoms with Crippen LogP contribution in [0.4, 0.5) is 4.39 Å². The number of benzene rings is 1. The highest BCUT2D eigenvalue weighted by Crippen LogP contribution is 2.45. The van der Waals surface area contributed by atoms with Crippen LogP contribution in [-0.4, -0.2) is 34.0 Å². The summed E-state index contributed by atoms with van der Waals surface area (Å²) < 4.78 is 20.0. The number of aliphatic imine (C=N–C) groups is 1. The smallest absolute Gasteiger partial charge is 0.338 e. The third-order valence-electron chi connectivity index (χ3n) is 5.38. The number of hydrogen-bond donors (Lipinski definition) is 1. The molecule has 9 heteroatoms. The Labute approximate surface area is 195 Å². The summed E-state index contributed by atoms with van der Waals surface area (Å²) >= 11 is 1.35. The van der Waals surface area contributed by atoms with E-state index in [-0.39, 0.29) is 17.9 Å². The average molecular weight is 467 g/mol. The minimum Gasteiger partial charge on any atom is -0.466 e. The molecule has 0 radical (unpaired) electrons. The fraction of sp³-hybridized carbons (Fsp3) is 0.250. The number of halogens is 1. The average Bonchev–Trinajstić information content (AvgIpc) is 3.24. The van der Waals surface area contributed by atoms with Crippen LogP contribution in [0.25, 0.3) is 0 Å². The van der Waals surface area contributed by atoms with Crippen LogP contribution in [0.1, 0.15) is 36.9 Å². The second kappa shape index (κ2) is 9.99. The minimum atomic E-state index is -0.784. The predicted octanol–water partition coefficient (Wildman–Crippen LogP) is 4.07. The molecule has 0 aliphatic carbocycles. The molecule has 1 aromatic heterocycles. The fourth-order valence-corrected chi connectivity index (χ4v) is 4.77. The van der Waals surface area contributed by atoms with Gasteiger partial charge < -0.3 is 15.0 Å². The van der Waals surface area contributed by atoms with Gasteiger partial charge in [-0.15, -0.1) is 0 Å². The van der Waals surface area contributed by atoms with Gasteiger partial charge in [0.1, 0.15) is 5.82 Å². The molecular formula is C24H23FN4O3S. The molecule has 1 N–H and O–H groups in total. The number of nitrogens with zero attached hydrogens (tertiary/aromatic N) is 3. The van der Waals surface area contributed by atoms with Crippen molar-refractivity contribution in [1.29, 1.82) is 0 Å². The second-order valence-electron chi connectivity index (χ2n) is 7.44. The van der Waals surface area contributed by atoms with Gasteiger partial charge in [0.2, 0.25) is 5.91 Å². The van der Waals surface area contributed by atoms with Crippen LogP contribution in [0.2, 0.25) is 0 Å². The number of hydrogen-bond acceptors (Lipinski definition) is 7. The fourth-order valence-electron chi connectivity index (χ4n) is 3.83. The Kier molecular flexibility index (Phi) is 6.88. The lowest BCUT2D eigenvalue weighted by molar-refractivity contribution is -0.136. The molecule has 2 aliphatic rings. The zero-order valence-corrected chi connectivity index (χ0v) is 19.1. The van der Waals surface area contributed by atoms with E-state index in [2.05, 4.69) is 15.3 Å². The van der Waals surface area contributed by atoms with Gasteiger partial charge in [0.15, 0.2) is 5.17 Å². The lowest BCUT2D eigenvalue weighted by atomic mass is 9.92. The van der Waals surface area contributed by atoms with Gasteiger partial charge in [0.05, 0.1) is 30.8 Å². The predicted molar refractivity (Wildman–Crippen MR) is 124 cm³/mol. The normalized spacial score (nSPS) is 17.3. The molecule has 33 heavy (non-hydrogen) atoms. The number of nitrogens with one attached hydrogen (secondary N) is 1. The molecule has 7 nitrogen and oxygen atoms in total. The molecule has 2 aromatic rings. The molecule has 1 aromatic carbocycles. The van der Waals surface area contributed by atoms with Crippen molar-refractivity contribution in [1.82, 2.24) is 15.2 Å². The SMILES string of the molecule is CCC1=C(C(=O)OC)C(c2ccccc2F)N2C(CC(=O)NCc3cccnc3)=CSC2=N1. The molecule has 3 heterocycles. The number of carbonyl (C=O) groups is 2. The van der Waals surface area contributed by atoms with Crippen molar-refractivity contribution >= 4 is 28.8 Å². The van der Waals surface area contributed by atoms with Crippen LogP contribution in [0, 0.1) is 5.82 Å². The number of amidine groups is 1. The molecule has 1 atom stereocenters. The summed E-state index contributed by atoms with van der Waals surface area (Å²) in [6.45, 7) is 2.23. The van der Waals surface area contributed by atoms with E-state index in [9.17, 15) is 14.0 Å². The molecule has 0 saturated heterocycles. The summed E-state index contributed by atoms with van der Waals surface area (Å²) in [5.74, 6) is -1.22. The van der Waals surface area contributed by atoms with Crippen molar-refractivity contribution in [3.63, 3.8) is 0 Å². The van der Waals surface area contributed by atoms with Gasteiger partial charge in [-0.2, -0.15) is 0 Å². The van der Waals surface area contributed by atoms with Gasteiger partial charge in [-0.25, -0.2) is 14.2 Å². The first-order valence-corrected chi connectivity index (χ1v) is 11.4. The van der Waals surface area contributed by atoms with Gasteiger partial charge in [-0.3, -0.25) is 9.78 Å². The first-order valence-electron chi connectivity index (χ1n) is 10.5. The van der Waals surface area contributed by atoms with E-state index in [1.807, 2.05) is 18.4 Å². The number of methoxy groups -OCH3 is 1. The molecule has 0 saturated carbocycles. The van der Waals surface area contributed by atoms with E-state index in [4.69, 9.17) is 4.74 Å². The molecule has 170 valence electrons. The van der Waals surface area contributed by atoms with Crippen molar-refractivity contribution in [2.45, 2.75) is 32.4 Å². The van der Waals surface area contributed by atoms with Crippen LogP contribution in [0.15, 0.2) is 76.2 Å². The summed E-state index contributed by atoms with van der Waals surface area (Å²) in [7, 11) is 1.29. The zero-order valence-electron chi connectivity index (χ0n) is 18.2. The Bertz CT molecular complexity index is 1160. The highest BCUT2D eigenvalue weighted by molar-refractivity contribution is 8.16. The molecule has 1 amide bonds. The van der Waals surface area contributed by atoms with Crippen molar-refractivity contribution < 1.29 is 18.7 Å². The Morgan fingerprint density at radius 3 is 2.76 bits per heavy atom. The molecular weight excluding hydrogens is 443 g/mol. The quantitative estimate of drug-likeness (QED) is 0.620. The summed E-state index contributed by atoms with van der Waals surface area (Å²) in [6, 6.07) is 9.21. The monoisotopic (exact) mass is 466 g/mol. The number of esters is 1. The highest BCUT2D eigenvalue weighted by atomic mass is 32.2. The maximum absolute atomic E-state index is 14.9. The number of fused-ring (bicyclic) bond motifs is 1. The largest absolute Gasteiger partial charge is 0.466 e. The number of aromatic nitrogens is 1. The summed E-state index contributed by atoms with van der Waals surface area (Å²) in [5, 5.41) is 5.30. The van der Waals surface area contributed by atoms with Crippen molar-refractivity contribution in [3.05, 3.63) is 88.1 Å². The van der Waals surface area contributed by atoms with E-state index in [1.54, 1.807) is 41.6 Å². The van der Waals surface area contributed by atoms with Gasteiger partial charge in [0.25, 0.3) is 0 Å². The summed E-state index contributed by atoms with van der Waals surface area (Å²) in [4.78, 5) is 36.0. The first kappa shape index (κ1) is 22.7. The Morgan fingerprint density at radius 2 is 2.06 bits per heavy atom. The van der Waals surface area contributed by atoms with Gasteiger partial charge >= 0.3 is 5.97 Å².